The third-order valence-electron chi connectivity index (χ3n) is 3.44. The van der Waals surface area contributed by atoms with Gasteiger partial charge in [0.1, 0.15) is 0 Å². The fourth-order valence-electron chi connectivity index (χ4n) is 2.60. The molecule has 1 nitrogen and oxygen atoms in total. The summed E-state index contributed by atoms with van der Waals surface area (Å²) in [4.78, 5) is 4.89. The molecule has 1 aliphatic carbocycles. The number of nitrogens with zero attached hydrogens (tertiary/aromatic N) is 1. The van der Waals surface area contributed by atoms with E-state index in [4.69, 9.17) is 4.98 Å². The van der Waals surface area contributed by atoms with Crippen molar-refractivity contribution < 1.29 is 0 Å². The molecule has 0 fully saturated rings. The molecule has 0 unspecified atom stereocenters. The SMILES string of the molecule is CC(C)c1nc2c(c3ccccc13)C=CCC2. The van der Waals surface area contributed by atoms with Gasteiger partial charge in [-0.15, -0.1) is 0 Å². The van der Waals surface area contributed by atoms with Crippen LogP contribution in [-0.2, 0) is 6.42 Å². The normalized spacial score (nSPS) is 14.3. The maximum absolute atomic E-state index is 4.89. The van der Waals surface area contributed by atoms with Crippen LogP contribution in [0.3, 0.4) is 0 Å². The highest BCUT2D eigenvalue weighted by atomic mass is 14.7. The minimum absolute atomic E-state index is 0.483. The largest absolute Gasteiger partial charge is 0.256 e. The number of hydrogen-bond donors (Lipinski definition) is 0. The predicted octanol–water partition coefficient (Wildman–Crippen LogP) is 4.32. The van der Waals surface area contributed by atoms with Gasteiger partial charge in [0.25, 0.3) is 0 Å². The lowest BCUT2D eigenvalue weighted by molar-refractivity contribution is 0.808. The first-order valence-electron chi connectivity index (χ1n) is 6.35. The summed E-state index contributed by atoms with van der Waals surface area (Å²) in [7, 11) is 0. The summed E-state index contributed by atoms with van der Waals surface area (Å²) in [5, 5.41) is 2.67. The molecule has 1 heteroatoms. The van der Waals surface area contributed by atoms with Gasteiger partial charge in [-0.25, -0.2) is 0 Å². The van der Waals surface area contributed by atoms with Crippen LogP contribution < -0.4 is 0 Å². The van der Waals surface area contributed by atoms with Crippen LogP contribution in [0.15, 0.2) is 30.3 Å². The zero-order valence-corrected chi connectivity index (χ0v) is 10.4. The van der Waals surface area contributed by atoms with Crippen molar-refractivity contribution in [3.05, 3.63) is 47.3 Å². The molecule has 0 amide bonds. The van der Waals surface area contributed by atoms with E-state index in [1.165, 1.54) is 27.7 Å². The molecular weight excluding hydrogens is 206 g/mol. The average Bonchev–Trinajstić information content (AvgIpc) is 2.37. The number of fused-ring (bicyclic) bond motifs is 3. The molecule has 0 radical (unpaired) electrons. The lowest BCUT2D eigenvalue weighted by Crippen LogP contribution is -2.04. The monoisotopic (exact) mass is 223 g/mol. The Morgan fingerprint density at radius 3 is 2.65 bits per heavy atom. The van der Waals surface area contributed by atoms with Crippen molar-refractivity contribution in [1.82, 2.24) is 4.98 Å². The molecule has 1 aromatic carbocycles. The molecule has 1 heterocycles. The van der Waals surface area contributed by atoms with E-state index in [1.807, 2.05) is 0 Å². The molecule has 17 heavy (non-hydrogen) atoms. The Hall–Kier alpha value is -1.63. The van der Waals surface area contributed by atoms with E-state index < -0.39 is 0 Å². The zero-order chi connectivity index (χ0) is 11.8. The number of aryl methyl sites for hydroxylation is 1. The molecule has 1 aromatic heterocycles. The number of aromatic nitrogens is 1. The van der Waals surface area contributed by atoms with E-state index >= 15 is 0 Å². The van der Waals surface area contributed by atoms with Crippen LogP contribution in [0, 0.1) is 0 Å². The van der Waals surface area contributed by atoms with E-state index in [1.54, 1.807) is 0 Å². The first-order valence-corrected chi connectivity index (χ1v) is 6.35. The van der Waals surface area contributed by atoms with Gasteiger partial charge < -0.3 is 0 Å². The topological polar surface area (TPSA) is 12.9 Å². The van der Waals surface area contributed by atoms with E-state index in [0.717, 1.165) is 12.8 Å². The van der Waals surface area contributed by atoms with E-state index in [-0.39, 0.29) is 0 Å². The van der Waals surface area contributed by atoms with Crippen LogP contribution in [0.5, 0.6) is 0 Å². The molecule has 0 atom stereocenters. The van der Waals surface area contributed by atoms with Crippen molar-refractivity contribution in [2.75, 3.05) is 0 Å². The van der Waals surface area contributed by atoms with E-state index in [9.17, 15) is 0 Å². The molecular formula is C16H17N. The highest BCUT2D eigenvalue weighted by Crippen LogP contribution is 2.31. The fraction of sp³-hybridized carbons (Fsp3) is 0.312. The number of pyridine rings is 1. The molecule has 0 N–H and O–H groups in total. The Morgan fingerprint density at radius 2 is 1.88 bits per heavy atom. The van der Waals surface area contributed by atoms with Crippen molar-refractivity contribution >= 4 is 16.8 Å². The molecule has 0 bridgehead atoms. The summed E-state index contributed by atoms with van der Waals surface area (Å²) < 4.78 is 0. The quantitative estimate of drug-likeness (QED) is 0.701. The lowest BCUT2D eigenvalue weighted by atomic mass is 9.93. The fourth-order valence-corrected chi connectivity index (χ4v) is 2.60. The van der Waals surface area contributed by atoms with E-state index in [0.29, 0.717) is 5.92 Å². The van der Waals surface area contributed by atoms with Crippen molar-refractivity contribution in [3.8, 4) is 0 Å². The highest BCUT2D eigenvalue weighted by Gasteiger charge is 2.15. The Balaban J connectivity index is 2.41. The van der Waals surface area contributed by atoms with Gasteiger partial charge in [0.2, 0.25) is 0 Å². The van der Waals surface area contributed by atoms with Crippen LogP contribution in [0.25, 0.3) is 16.8 Å². The van der Waals surface area contributed by atoms with Gasteiger partial charge in [0.15, 0.2) is 0 Å². The molecule has 0 saturated heterocycles. The molecule has 2 aromatic rings. The maximum atomic E-state index is 4.89. The van der Waals surface area contributed by atoms with E-state index in [2.05, 4.69) is 50.3 Å². The van der Waals surface area contributed by atoms with Crippen molar-refractivity contribution in [2.24, 2.45) is 0 Å². The average molecular weight is 223 g/mol. The minimum Gasteiger partial charge on any atom is -0.256 e. The Kier molecular flexibility index (Phi) is 2.47. The van der Waals surface area contributed by atoms with Gasteiger partial charge in [-0.1, -0.05) is 50.3 Å². The minimum atomic E-state index is 0.483. The highest BCUT2D eigenvalue weighted by molar-refractivity contribution is 5.93. The number of rotatable bonds is 1. The van der Waals surface area contributed by atoms with Crippen LogP contribution in [0.2, 0.25) is 0 Å². The van der Waals surface area contributed by atoms with Gasteiger partial charge >= 0.3 is 0 Å². The van der Waals surface area contributed by atoms with Gasteiger partial charge in [-0.3, -0.25) is 4.98 Å². The maximum Gasteiger partial charge on any atom is 0.0511 e. The van der Waals surface area contributed by atoms with Gasteiger partial charge in [0.05, 0.1) is 5.69 Å². The Bertz CT molecular complexity index is 594. The molecule has 0 aliphatic heterocycles. The second-order valence-corrected chi connectivity index (χ2v) is 5.00. The zero-order valence-electron chi connectivity index (χ0n) is 10.4. The lowest BCUT2D eigenvalue weighted by Gasteiger charge is -2.17. The first kappa shape index (κ1) is 10.5. The summed E-state index contributed by atoms with van der Waals surface area (Å²) in [6, 6.07) is 8.64. The number of benzene rings is 1. The van der Waals surface area contributed by atoms with Crippen LogP contribution in [-0.4, -0.2) is 4.98 Å². The third kappa shape index (κ3) is 1.66. The second kappa shape index (κ2) is 3.99. The number of allylic oxidation sites excluding steroid dienone is 1. The Morgan fingerprint density at radius 1 is 1.12 bits per heavy atom. The number of hydrogen-bond acceptors (Lipinski definition) is 1. The molecule has 1 aliphatic rings. The van der Waals surface area contributed by atoms with Crippen molar-refractivity contribution in [1.29, 1.82) is 0 Å². The second-order valence-electron chi connectivity index (χ2n) is 5.00. The van der Waals surface area contributed by atoms with Gasteiger partial charge in [0, 0.05) is 16.6 Å². The summed E-state index contributed by atoms with van der Waals surface area (Å²) >= 11 is 0. The molecule has 0 saturated carbocycles. The summed E-state index contributed by atoms with van der Waals surface area (Å²) in [6.07, 6.45) is 6.69. The van der Waals surface area contributed by atoms with Gasteiger partial charge in [-0.05, 0) is 24.1 Å². The van der Waals surface area contributed by atoms with Gasteiger partial charge in [-0.2, -0.15) is 0 Å². The van der Waals surface area contributed by atoms with Crippen LogP contribution >= 0.6 is 0 Å². The van der Waals surface area contributed by atoms with Crippen LogP contribution in [0.4, 0.5) is 0 Å². The first-order chi connectivity index (χ1) is 8.27. The summed E-state index contributed by atoms with van der Waals surface area (Å²) in [5.41, 5.74) is 3.85. The van der Waals surface area contributed by atoms with Crippen molar-refractivity contribution in [2.45, 2.75) is 32.6 Å². The summed E-state index contributed by atoms with van der Waals surface area (Å²) in [5.74, 6) is 0.483. The third-order valence-corrected chi connectivity index (χ3v) is 3.44. The molecule has 0 spiro atoms. The summed E-state index contributed by atoms with van der Waals surface area (Å²) in [6.45, 7) is 4.44. The molecule has 3 rings (SSSR count). The standard InChI is InChI=1S/C16H17N/c1-11(2)16-14-9-4-3-7-12(14)13-8-5-6-10-15(13)17-16/h3-5,7-9,11H,6,10H2,1-2H3. The van der Waals surface area contributed by atoms with Crippen LogP contribution in [0.1, 0.15) is 43.1 Å². The van der Waals surface area contributed by atoms with Crippen molar-refractivity contribution in [3.63, 3.8) is 0 Å². The predicted molar refractivity (Wildman–Crippen MR) is 73.2 cm³/mol. The molecule has 86 valence electrons. The Labute approximate surface area is 102 Å². The smallest absolute Gasteiger partial charge is 0.0511 e.